The Hall–Kier alpha value is -0.550. The second kappa shape index (κ2) is 5.21. The van der Waals surface area contributed by atoms with Crippen LogP contribution < -0.4 is 5.73 Å². The van der Waals surface area contributed by atoms with E-state index in [1.54, 1.807) is 11.3 Å². The van der Waals surface area contributed by atoms with E-state index in [1.165, 1.54) is 5.56 Å². The molecular formula is C13H18F3NS. The molecule has 1 saturated carbocycles. The third-order valence-electron chi connectivity index (χ3n) is 3.83. The van der Waals surface area contributed by atoms with E-state index in [-0.39, 0.29) is 12.8 Å². The van der Waals surface area contributed by atoms with Crippen molar-refractivity contribution >= 4 is 11.3 Å². The predicted molar refractivity (Wildman–Crippen MR) is 67.6 cm³/mol. The summed E-state index contributed by atoms with van der Waals surface area (Å²) >= 11 is 1.61. The van der Waals surface area contributed by atoms with Crippen molar-refractivity contribution < 1.29 is 13.2 Å². The zero-order valence-corrected chi connectivity index (χ0v) is 11.0. The summed E-state index contributed by atoms with van der Waals surface area (Å²) in [5.41, 5.74) is 6.71. The molecule has 2 rings (SSSR count). The molecule has 1 fully saturated rings. The van der Waals surface area contributed by atoms with Crippen molar-refractivity contribution in [3.63, 3.8) is 0 Å². The molecule has 0 bridgehead atoms. The molecule has 0 spiro atoms. The van der Waals surface area contributed by atoms with Crippen LogP contribution in [-0.2, 0) is 6.42 Å². The first-order valence-corrected chi connectivity index (χ1v) is 7.20. The van der Waals surface area contributed by atoms with Gasteiger partial charge >= 0.3 is 6.18 Å². The van der Waals surface area contributed by atoms with Gasteiger partial charge in [0, 0.05) is 5.54 Å². The Bertz CT molecular complexity index is 374. The van der Waals surface area contributed by atoms with Crippen LogP contribution in [0.2, 0.25) is 0 Å². The summed E-state index contributed by atoms with van der Waals surface area (Å²) in [4.78, 5) is 0. The van der Waals surface area contributed by atoms with Gasteiger partial charge in [0.1, 0.15) is 0 Å². The van der Waals surface area contributed by atoms with Gasteiger partial charge in [-0.15, -0.1) is 0 Å². The fourth-order valence-corrected chi connectivity index (χ4v) is 3.43. The van der Waals surface area contributed by atoms with Gasteiger partial charge in [-0.3, -0.25) is 0 Å². The Kier molecular flexibility index (Phi) is 4.02. The Morgan fingerprint density at radius 2 is 2.22 bits per heavy atom. The van der Waals surface area contributed by atoms with Gasteiger partial charge in [-0.25, -0.2) is 0 Å². The van der Waals surface area contributed by atoms with Crippen molar-refractivity contribution in [3.8, 4) is 0 Å². The Labute approximate surface area is 109 Å². The van der Waals surface area contributed by atoms with E-state index in [9.17, 15) is 13.2 Å². The van der Waals surface area contributed by atoms with Gasteiger partial charge in [0.25, 0.3) is 0 Å². The maximum absolute atomic E-state index is 12.7. The van der Waals surface area contributed by atoms with Crippen molar-refractivity contribution in [2.75, 3.05) is 0 Å². The van der Waals surface area contributed by atoms with Crippen molar-refractivity contribution in [1.82, 2.24) is 0 Å². The monoisotopic (exact) mass is 277 g/mol. The summed E-state index contributed by atoms with van der Waals surface area (Å²) in [6.07, 6.45) is -1.04. The maximum atomic E-state index is 12.7. The third kappa shape index (κ3) is 3.48. The summed E-state index contributed by atoms with van der Waals surface area (Å²) < 4.78 is 38.2. The highest BCUT2D eigenvalue weighted by Crippen LogP contribution is 2.42. The number of aryl methyl sites for hydroxylation is 1. The average Bonchev–Trinajstić information content (AvgIpc) is 2.78. The lowest BCUT2D eigenvalue weighted by atomic mass is 9.73. The molecule has 0 radical (unpaired) electrons. The van der Waals surface area contributed by atoms with Gasteiger partial charge in [-0.1, -0.05) is 6.42 Å². The van der Waals surface area contributed by atoms with E-state index in [0.717, 1.165) is 6.42 Å². The summed E-state index contributed by atoms with van der Waals surface area (Å²) in [7, 11) is 0. The lowest BCUT2D eigenvalue weighted by Gasteiger charge is -2.38. The van der Waals surface area contributed by atoms with Crippen molar-refractivity contribution in [2.45, 2.75) is 50.2 Å². The van der Waals surface area contributed by atoms with E-state index in [2.05, 4.69) is 0 Å². The second-order valence-electron chi connectivity index (χ2n) is 5.33. The first kappa shape index (κ1) is 13.9. The van der Waals surface area contributed by atoms with Crippen LogP contribution >= 0.6 is 11.3 Å². The molecule has 0 saturated heterocycles. The summed E-state index contributed by atoms with van der Waals surface area (Å²) in [5, 5.41) is 4.02. The topological polar surface area (TPSA) is 26.0 Å². The van der Waals surface area contributed by atoms with E-state index < -0.39 is 17.6 Å². The smallest absolute Gasteiger partial charge is 0.325 e. The number of hydrogen-bond donors (Lipinski definition) is 1. The van der Waals surface area contributed by atoms with Gasteiger partial charge in [0.2, 0.25) is 0 Å². The first-order chi connectivity index (χ1) is 8.39. The summed E-state index contributed by atoms with van der Waals surface area (Å²) in [6, 6.07) is 2.01. The van der Waals surface area contributed by atoms with E-state index >= 15 is 0 Å². The minimum absolute atomic E-state index is 0.0840. The molecule has 18 heavy (non-hydrogen) atoms. The van der Waals surface area contributed by atoms with Gasteiger partial charge < -0.3 is 5.73 Å². The van der Waals surface area contributed by atoms with Gasteiger partial charge in [-0.2, -0.15) is 24.5 Å². The van der Waals surface area contributed by atoms with Gasteiger partial charge in [0.15, 0.2) is 0 Å². The summed E-state index contributed by atoms with van der Waals surface area (Å²) in [5.74, 6) is -1.21. The van der Waals surface area contributed by atoms with Crippen LogP contribution in [0.1, 0.15) is 37.7 Å². The first-order valence-electron chi connectivity index (χ1n) is 6.26. The zero-order chi connectivity index (χ0) is 13.2. The number of thiophene rings is 1. The molecule has 2 unspecified atom stereocenters. The minimum atomic E-state index is -4.09. The van der Waals surface area contributed by atoms with Crippen LogP contribution in [-0.4, -0.2) is 11.7 Å². The molecule has 0 aromatic carbocycles. The lowest BCUT2D eigenvalue weighted by Crippen LogP contribution is -2.47. The van der Waals surface area contributed by atoms with Crippen molar-refractivity contribution in [2.24, 2.45) is 11.7 Å². The molecule has 0 aliphatic heterocycles. The molecule has 0 amide bonds. The summed E-state index contributed by atoms with van der Waals surface area (Å²) in [6.45, 7) is 0. The number of hydrogen-bond acceptors (Lipinski definition) is 2. The molecule has 1 aliphatic carbocycles. The molecular weight excluding hydrogens is 259 g/mol. The van der Waals surface area contributed by atoms with Crippen LogP contribution in [0.15, 0.2) is 16.8 Å². The Morgan fingerprint density at radius 1 is 1.44 bits per heavy atom. The number of rotatable bonds is 3. The van der Waals surface area contributed by atoms with E-state index in [0.29, 0.717) is 19.3 Å². The van der Waals surface area contributed by atoms with Crippen molar-refractivity contribution in [1.29, 1.82) is 0 Å². The fraction of sp³-hybridized carbons (Fsp3) is 0.692. The Morgan fingerprint density at radius 3 is 2.83 bits per heavy atom. The molecule has 102 valence electrons. The van der Waals surface area contributed by atoms with E-state index in [4.69, 9.17) is 5.73 Å². The molecule has 1 heterocycles. The lowest BCUT2D eigenvalue weighted by molar-refractivity contribution is -0.187. The average molecular weight is 277 g/mol. The van der Waals surface area contributed by atoms with E-state index in [1.807, 2.05) is 16.8 Å². The highest BCUT2D eigenvalue weighted by atomic mass is 32.1. The van der Waals surface area contributed by atoms with Gasteiger partial charge in [0.05, 0.1) is 5.92 Å². The molecule has 2 atom stereocenters. The molecule has 1 aromatic rings. The third-order valence-corrected chi connectivity index (χ3v) is 4.57. The van der Waals surface area contributed by atoms with Gasteiger partial charge in [-0.05, 0) is 54.5 Å². The highest BCUT2D eigenvalue weighted by Gasteiger charge is 2.45. The predicted octanol–water partition coefficient (Wildman–Crippen LogP) is 4.13. The molecule has 5 heteroatoms. The molecule has 2 N–H and O–H groups in total. The maximum Gasteiger partial charge on any atom is 0.391 e. The normalized spacial score (nSPS) is 29.4. The second-order valence-corrected chi connectivity index (χ2v) is 6.11. The van der Waals surface area contributed by atoms with Crippen LogP contribution in [0.4, 0.5) is 13.2 Å². The van der Waals surface area contributed by atoms with Crippen LogP contribution in [0.3, 0.4) is 0 Å². The Balaban J connectivity index is 1.93. The molecule has 1 aromatic heterocycles. The SMILES string of the molecule is NC1(CCc2ccsc2)CCCC(C(F)(F)F)C1. The zero-order valence-electron chi connectivity index (χ0n) is 10.2. The highest BCUT2D eigenvalue weighted by molar-refractivity contribution is 7.07. The standard InChI is InChI=1S/C13H18F3NS/c14-13(15,16)11-2-1-5-12(17,8-11)6-3-10-4-7-18-9-10/h4,7,9,11H,1-3,5-6,8,17H2. The van der Waals surface area contributed by atoms with Crippen molar-refractivity contribution in [3.05, 3.63) is 22.4 Å². The molecule has 1 nitrogen and oxygen atoms in total. The van der Waals surface area contributed by atoms with Crippen LogP contribution in [0.5, 0.6) is 0 Å². The number of alkyl halides is 3. The van der Waals surface area contributed by atoms with Crippen LogP contribution in [0.25, 0.3) is 0 Å². The minimum Gasteiger partial charge on any atom is -0.325 e. The fourth-order valence-electron chi connectivity index (χ4n) is 2.73. The van der Waals surface area contributed by atoms with Crippen LogP contribution in [0, 0.1) is 5.92 Å². The largest absolute Gasteiger partial charge is 0.391 e. The molecule has 1 aliphatic rings. The number of nitrogens with two attached hydrogens (primary N) is 1. The number of halogens is 3. The quantitative estimate of drug-likeness (QED) is 0.883.